The third-order valence-corrected chi connectivity index (χ3v) is 12.2. The third-order valence-electron chi connectivity index (χ3n) is 12.2. The summed E-state index contributed by atoms with van der Waals surface area (Å²) in [4.78, 5) is 0. The standard InChI is InChI=1S/C10H14O.C10H14.2C9H12.C9H20.C6H14.C6H12.C4H8/c1-3-9-6-5-7-10(8-9)11-4-2;1-3-4-10-7-5-9(2)6-8-10;1-3-9-6-4-5-8(2)7-9;1-3-9-7-5-4-6-8(9)2;1-5-9(6-2,7-3)8-4;2*1-4-6(3)5-2;1-3-4-2/h5-8H,3-4H2,1-2H3;5-8H,3-4H2,1-2H3;2*4-7H,3H2,1-2H3;5-8H2,1-4H3;6H,4-5H2,1-3H3;4H,5H2,1-3H3;3-4H,1-2H3/b;;;;;;6-4+;4-3+. The number of aryl methyl sites for hydroxylation is 7. The van der Waals surface area contributed by atoms with Crippen LogP contribution in [0.1, 0.15) is 208 Å². The van der Waals surface area contributed by atoms with E-state index in [1.54, 1.807) is 0 Å². The van der Waals surface area contributed by atoms with Crippen LogP contribution in [0.4, 0.5) is 0 Å². The highest BCUT2D eigenvalue weighted by Gasteiger charge is 2.20. The summed E-state index contributed by atoms with van der Waals surface area (Å²) in [5.41, 5.74) is 11.9. The van der Waals surface area contributed by atoms with Gasteiger partial charge in [0, 0.05) is 0 Å². The summed E-state index contributed by atoms with van der Waals surface area (Å²) in [6, 6.07) is 34.1. The molecule has 4 rings (SSSR count). The maximum absolute atomic E-state index is 5.35. The van der Waals surface area contributed by atoms with Crippen LogP contribution in [0.5, 0.6) is 5.75 Å². The molecule has 0 bridgehead atoms. The molecule has 0 fully saturated rings. The Kier molecular flexibility index (Phi) is 49.2. The van der Waals surface area contributed by atoms with Crippen molar-refractivity contribution < 1.29 is 4.74 Å². The lowest BCUT2D eigenvalue weighted by atomic mass is 9.78. The third kappa shape index (κ3) is 38.6. The fourth-order valence-electron chi connectivity index (χ4n) is 6.00. The summed E-state index contributed by atoms with van der Waals surface area (Å²) in [7, 11) is 0. The van der Waals surface area contributed by atoms with Gasteiger partial charge in [-0.2, -0.15) is 0 Å². The first-order valence-corrected chi connectivity index (χ1v) is 25.7. The van der Waals surface area contributed by atoms with Gasteiger partial charge in [-0.25, -0.2) is 0 Å². The number of benzene rings is 4. The van der Waals surface area contributed by atoms with Gasteiger partial charge in [0.1, 0.15) is 5.75 Å². The van der Waals surface area contributed by atoms with Crippen LogP contribution in [0.25, 0.3) is 0 Å². The first-order valence-electron chi connectivity index (χ1n) is 25.7. The summed E-state index contributed by atoms with van der Waals surface area (Å²) in [5, 5.41) is 0. The molecule has 364 valence electrons. The molecular formula is C63H106O. The number of hydrogen-bond donors (Lipinski definition) is 0. The van der Waals surface area contributed by atoms with Gasteiger partial charge in [-0.1, -0.05) is 248 Å². The van der Waals surface area contributed by atoms with Crippen molar-refractivity contribution in [2.24, 2.45) is 11.3 Å². The molecule has 1 heteroatoms. The Labute approximate surface area is 402 Å². The average molecular weight is 880 g/mol. The Morgan fingerprint density at radius 2 is 1.05 bits per heavy atom. The predicted octanol–water partition coefficient (Wildman–Crippen LogP) is 20.7. The summed E-state index contributed by atoms with van der Waals surface area (Å²) >= 11 is 0. The Balaban J connectivity index is -0.000000326. The Morgan fingerprint density at radius 3 is 1.34 bits per heavy atom. The van der Waals surface area contributed by atoms with E-state index in [0.717, 1.165) is 37.5 Å². The largest absolute Gasteiger partial charge is 0.494 e. The molecule has 0 atom stereocenters. The summed E-state index contributed by atoms with van der Waals surface area (Å²) in [6.45, 7) is 44.2. The molecule has 0 aliphatic carbocycles. The zero-order valence-corrected chi connectivity index (χ0v) is 46.1. The Bertz CT molecular complexity index is 1590. The van der Waals surface area contributed by atoms with Crippen LogP contribution in [0.3, 0.4) is 0 Å². The van der Waals surface area contributed by atoms with Crippen LogP contribution in [-0.4, -0.2) is 6.61 Å². The van der Waals surface area contributed by atoms with E-state index in [-0.39, 0.29) is 0 Å². The van der Waals surface area contributed by atoms with Crippen LogP contribution in [0.15, 0.2) is 121 Å². The van der Waals surface area contributed by atoms with Gasteiger partial charge in [-0.3, -0.25) is 0 Å². The van der Waals surface area contributed by atoms with E-state index in [2.05, 4.69) is 209 Å². The summed E-state index contributed by atoms with van der Waals surface area (Å²) in [5.74, 6) is 1.91. The molecule has 0 amide bonds. The zero-order valence-electron chi connectivity index (χ0n) is 46.1. The van der Waals surface area contributed by atoms with Crippen molar-refractivity contribution in [2.45, 2.75) is 216 Å². The van der Waals surface area contributed by atoms with Gasteiger partial charge >= 0.3 is 0 Å². The summed E-state index contributed by atoms with van der Waals surface area (Å²) in [6.07, 6.45) is 21.2. The van der Waals surface area contributed by atoms with Gasteiger partial charge in [0.25, 0.3) is 0 Å². The molecule has 0 N–H and O–H groups in total. The van der Waals surface area contributed by atoms with Crippen molar-refractivity contribution >= 4 is 0 Å². The number of ether oxygens (including phenoxy) is 1. The van der Waals surface area contributed by atoms with E-state index >= 15 is 0 Å². The molecule has 4 aromatic carbocycles. The first-order chi connectivity index (χ1) is 30.6. The molecule has 0 spiro atoms. The second-order valence-corrected chi connectivity index (χ2v) is 16.8. The number of hydrogen-bond acceptors (Lipinski definition) is 1. The van der Waals surface area contributed by atoms with Crippen LogP contribution in [0, 0.1) is 32.1 Å². The number of rotatable bonds is 14. The molecule has 0 radical (unpaired) electrons. The van der Waals surface area contributed by atoms with Crippen molar-refractivity contribution in [3.8, 4) is 5.75 Å². The molecular weight excluding hydrogens is 773 g/mol. The molecule has 0 aromatic heterocycles. The van der Waals surface area contributed by atoms with Gasteiger partial charge in [0.05, 0.1) is 6.61 Å². The van der Waals surface area contributed by atoms with E-state index in [1.165, 1.54) is 102 Å². The second kappa shape index (κ2) is 47.1. The molecule has 0 unspecified atom stereocenters. The minimum Gasteiger partial charge on any atom is -0.494 e. The minimum absolute atomic E-state index is 0.667. The highest BCUT2D eigenvalue weighted by molar-refractivity contribution is 5.28. The van der Waals surface area contributed by atoms with Crippen LogP contribution < -0.4 is 4.74 Å². The van der Waals surface area contributed by atoms with Gasteiger partial charge in [0.2, 0.25) is 0 Å². The van der Waals surface area contributed by atoms with E-state index in [9.17, 15) is 0 Å². The van der Waals surface area contributed by atoms with Gasteiger partial charge in [-0.05, 0) is 139 Å². The van der Waals surface area contributed by atoms with Crippen molar-refractivity contribution in [3.05, 3.63) is 160 Å². The van der Waals surface area contributed by atoms with Crippen molar-refractivity contribution in [1.82, 2.24) is 0 Å². The predicted molar refractivity (Wildman–Crippen MR) is 297 cm³/mol. The lowest BCUT2D eigenvalue weighted by Gasteiger charge is -2.28. The lowest BCUT2D eigenvalue weighted by molar-refractivity contribution is 0.240. The minimum atomic E-state index is 0.667. The van der Waals surface area contributed by atoms with Crippen molar-refractivity contribution in [2.75, 3.05) is 6.61 Å². The van der Waals surface area contributed by atoms with Crippen molar-refractivity contribution in [3.63, 3.8) is 0 Å². The normalized spacial score (nSPS) is 10.2. The van der Waals surface area contributed by atoms with E-state index in [4.69, 9.17) is 4.74 Å². The van der Waals surface area contributed by atoms with Gasteiger partial charge in [0.15, 0.2) is 0 Å². The Hall–Kier alpha value is -3.84. The SMILES string of the molecule is C/C=C(\C)CC.C/C=C/C.CCC(C)CC.CCC(CC)(CC)CC.CCCc1ccc(C)cc1.CCOc1cccc(CC)c1.CCc1cccc(C)c1.CCc1ccccc1C. The maximum Gasteiger partial charge on any atom is 0.119 e. The number of allylic oxidation sites excluding steroid dienone is 4. The van der Waals surface area contributed by atoms with E-state index in [1.807, 2.05) is 45.1 Å². The molecule has 0 aliphatic heterocycles. The van der Waals surface area contributed by atoms with Crippen molar-refractivity contribution in [1.29, 1.82) is 0 Å². The topological polar surface area (TPSA) is 9.23 Å². The van der Waals surface area contributed by atoms with Gasteiger partial charge < -0.3 is 4.74 Å². The van der Waals surface area contributed by atoms with E-state index in [0.29, 0.717) is 5.41 Å². The summed E-state index contributed by atoms with van der Waals surface area (Å²) < 4.78 is 5.35. The highest BCUT2D eigenvalue weighted by Crippen LogP contribution is 2.33. The van der Waals surface area contributed by atoms with Crippen LogP contribution in [-0.2, 0) is 25.7 Å². The van der Waals surface area contributed by atoms with Gasteiger partial charge in [-0.15, -0.1) is 0 Å². The molecule has 0 saturated heterocycles. The fourth-order valence-corrected chi connectivity index (χ4v) is 6.00. The molecule has 0 saturated carbocycles. The quantitative estimate of drug-likeness (QED) is 0.115. The fraction of sp³-hybridized carbons (Fsp3) is 0.556. The second-order valence-electron chi connectivity index (χ2n) is 16.8. The Morgan fingerprint density at radius 1 is 0.547 bits per heavy atom. The molecule has 1 nitrogen and oxygen atoms in total. The first kappa shape index (κ1) is 66.8. The smallest absolute Gasteiger partial charge is 0.119 e. The molecule has 0 heterocycles. The van der Waals surface area contributed by atoms with E-state index < -0.39 is 0 Å². The molecule has 64 heavy (non-hydrogen) atoms. The lowest BCUT2D eigenvalue weighted by Crippen LogP contribution is -2.15. The van der Waals surface area contributed by atoms with Crippen LogP contribution in [0.2, 0.25) is 0 Å². The molecule has 0 aliphatic rings. The highest BCUT2D eigenvalue weighted by atomic mass is 16.5. The zero-order chi connectivity index (χ0) is 49.6. The monoisotopic (exact) mass is 879 g/mol. The maximum atomic E-state index is 5.35. The molecule has 4 aromatic rings. The van der Waals surface area contributed by atoms with Crippen LogP contribution >= 0.6 is 0 Å². The average Bonchev–Trinajstić information content (AvgIpc) is 3.34.